The van der Waals surface area contributed by atoms with E-state index in [2.05, 4.69) is 17.4 Å². The fraction of sp³-hybridized carbons (Fsp3) is 0.259. The molecule has 2 aromatic heterocycles. The number of rotatable bonds is 8. The second kappa shape index (κ2) is 10.2. The van der Waals surface area contributed by atoms with Crippen molar-refractivity contribution in [3.05, 3.63) is 94.9 Å². The van der Waals surface area contributed by atoms with Gasteiger partial charge in [-0.2, -0.15) is 0 Å². The number of aromatic nitrogens is 2. The molecule has 0 unspecified atom stereocenters. The third-order valence-electron chi connectivity index (χ3n) is 6.35. The molecule has 0 bridgehead atoms. The molecule has 4 aromatic rings. The lowest BCUT2D eigenvalue weighted by Gasteiger charge is -2.29. The molecular weight excluding hydrogens is 448 g/mol. The van der Waals surface area contributed by atoms with Crippen LogP contribution in [0.15, 0.2) is 73.1 Å². The summed E-state index contributed by atoms with van der Waals surface area (Å²) >= 11 is 6.66. The predicted molar refractivity (Wildman–Crippen MR) is 136 cm³/mol. The van der Waals surface area contributed by atoms with Crippen molar-refractivity contribution in [2.75, 3.05) is 13.6 Å². The average Bonchev–Trinajstić information content (AvgIpc) is 3.44. The molecule has 34 heavy (non-hydrogen) atoms. The van der Waals surface area contributed by atoms with Crippen molar-refractivity contribution >= 4 is 34.3 Å². The second-order valence-electron chi connectivity index (χ2n) is 8.60. The van der Waals surface area contributed by atoms with Gasteiger partial charge in [-0.3, -0.25) is 9.59 Å². The van der Waals surface area contributed by atoms with E-state index in [0.29, 0.717) is 35.7 Å². The van der Waals surface area contributed by atoms with Gasteiger partial charge < -0.3 is 19.4 Å². The van der Waals surface area contributed by atoms with Crippen LogP contribution >= 0.6 is 11.6 Å². The van der Waals surface area contributed by atoms with E-state index in [1.807, 2.05) is 67.5 Å². The number of halogens is 1. The summed E-state index contributed by atoms with van der Waals surface area (Å²) in [6.07, 6.45) is 5.06. The van der Waals surface area contributed by atoms with Crippen LogP contribution < -0.4 is 5.32 Å². The topological polar surface area (TPSA) is 59.3 Å². The minimum Gasteiger partial charge on any atom is -0.351 e. The third kappa shape index (κ3) is 4.87. The Morgan fingerprint density at radius 3 is 2.44 bits per heavy atom. The molecule has 4 rings (SSSR count). The quantitative estimate of drug-likeness (QED) is 0.401. The van der Waals surface area contributed by atoms with Crippen LogP contribution in [0, 0.1) is 0 Å². The van der Waals surface area contributed by atoms with Crippen molar-refractivity contribution in [3.8, 4) is 0 Å². The van der Waals surface area contributed by atoms with Gasteiger partial charge in [-0.25, -0.2) is 0 Å². The number of nitrogens with one attached hydrogen (secondary N) is 1. The molecule has 0 fully saturated rings. The Bertz CT molecular complexity index is 1310. The van der Waals surface area contributed by atoms with Crippen molar-refractivity contribution in [2.24, 2.45) is 14.1 Å². The van der Waals surface area contributed by atoms with Crippen LogP contribution in [0.4, 0.5) is 0 Å². The number of carbonyl (C=O) groups excluding carboxylic acids is 2. The van der Waals surface area contributed by atoms with Gasteiger partial charge in [0.05, 0.1) is 10.6 Å². The van der Waals surface area contributed by atoms with Gasteiger partial charge in [0.25, 0.3) is 11.8 Å². The number of fused-ring (bicyclic) bond motifs is 1. The van der Waals surface area contributed by atoms with Gasteiger partial charge in [0.2, 0.25) is 0 Å². The van der Waals surface area contributed by atoms with Crippen molar-refractivity contribution in [2.45, 2.75) is 18.9 Å². The van der Waals surface area contributed by atoms with E-state index in [1.165, 1.54) is 0 Å². The Balaban J connectivity index is 1.52. The second-order valence-corrected chi connectivity index (χ2v) is 8.97. The summed E-state index contributed by atoms with van der Waals surface area (Å²) in [5.41, 5.74) is 3.19. The molecule has 0 saturated heterocycles. The number of amides is 2. The largest absolute Gasteiger partial charge is 0.351 e. The Morgan fingerprint density at radius 2 is 1.74 bits per heavy atom. The number of benzene rings is 2. The number of nitrogens with zero attached hydrogens (tertiary/aromatic N) is 3. The van der Waals surface area contributed by atoms with Gasteiger partial charge in [-0.15, -0.1) is 0 Å². The summed E-state index contributed by atoms with van der Waals surface area (Å²) in [7, 11) is 5.60. The zero-order valence-corrected chi connectivity index (χ0v) is 20.4. The maximum absolute atomic E-state index is 13.5. The molecule has 2 amide bonds. The molecule has 0 radical (unpaired) electrons. The van der Waals surface area contributed by atoms with Gasteiger partial charge in [-0.05, 0) is 48.7 Å². The molecule has 176 valence electrons. The van der Waals surface area contributed by atoms with Gasteiger partial charge in [-0.1, -0.05) is 41.9 Å². The van der Waals surface area contributed by atoms with E-state index in [0.717, 1.165) is 16.5 Å². The summed E-state index contributed by atoms with van der Waals surface area (Å²) in [5.74, 6) is -0.261. The van der Waals surface area contributed by atoms with Crippen LogP contribution in [0.2, 0.25) is 5.02 Å². The average molecular weight is 477 g/mol. The zero-order valence-electron chi connectivity index (χ0n) is 19.7. The van der Waals surface area contributed by atoms with Crippen LogP contribution in [0.25, 0.3) is 10.9 Å². The number of carbonyl (C=O) groups is 2. The highest BCUT2D eigenvalue weighted by atomic mass is 35.5. The third-order valence-corrected chi connectivity index (χ3v) is 6.76. The van der Waals surface area contributed by atoms with Crippen LogP contribution in [-0.2, 0) is 20.5 Å². The lowest BCUT2D eigenvalue weighted by atomic mass is 10.0. The lowest BCUT2D eigenvalue weighted by Crippen LogP contribution is -2.41. The Hall–Kier alpha value is -3.51. The SMILES string of the molecule is CN(C(=O)c1ccc2c(ccn2C)c1Cl)[C@H](CCNC(=O)c1cccn1C)Cc1ccccc1. The molecule has 2 aromatic carbocycles. The predicted octanol–water partition coefficient (Wildman–Crippen LogP) is 4.67. The fourth-order valence-electron chi connectivity index (χ4n) is 4.30. The monoisotopic (exact) mass is 476 g/mol. The van der Waals surface area contributed by atoms with Gasteiger partial charge in [0, 0.05) is 57.0 Å². The highest BCUT2D eigenvalue weighted by Crippen LogP contribution is 2.29. The maximum Gasteiger partial charge on any atom is 0.267 e. The molecule has 0 aliphatic heterocycles. The van der Waals surface area contributed by atoms with Crippen LogP contribution in [-0.4, -0.2) is 45.5 Å². The van der Waals surface area contributed by atoms with E-state index >= 15 is 0 Å². The first kappa shape index (κ1) is 23.6. The number of likely N-dealkylation sites (N-methyl/N-ethyl adjacent to an activating group) is 1. The summed E-state index contributed by atoms with van der Waals surface area (Å²) in [6.45, 7) is 0.449. The molecule has 0 aliphatic rings. The van der Waals surface area contributed by atoms with E-state index < -0.39 is 0 Å². The molecule has 1 N–H and O–H groups in total. The van der Waals surface area contributed by atoms with Crippen molar-refractivity contribution in [1.82, 2.24) is 19.4 Å². The van der Waals surface area contributed by atoms with Crippen molar-refractivity contribution in [1.29, 1.82) is 0 Å². The first-order valence-electron chi connectivity index (χ1n) is 11.3. The minimum absolute atomic E-state index is 0.119. The normalized spacial score (nSPS) is 12.0. The highest BCUT2D eigenvalue weighted by Gasteiger charge is 2.24. The van der Waals surface area contributed by atoms with Gasteiger partial charge in [0.15, 0.2) is 0 Å². The van der Waals surface area contributed by atoms with Crippen LogP contribution in [0.3, 0.4) is 0 Å². The number of hydrogen-bond donors (Lipinski definition) is 1. The van der Waals surface area contributed by atoms with E-state index in [-0.39, 0.29) is 17.9 Å². The number of hydrogen-bond acceptors (Lipinski definition) is 2. The molecule has 2 heterocycles. The molecule has 0 spiro atoms. The van der Waals surface area contributed by atoms with Gasteiger partial charge in [0.1, 0.15) is 5.69 Å². The summed E-state index contributed by atoms with van der Waals surface area (Å²) in [6, 6.07) is 19.2. The standard InChI is InChI=1S/C27H29ClN4O2/c1-30-16-7-10-24(30)26(33)29-15-13-20(18-19-8-5-4-6-9-19)32(3)27(34)22-11-12-23-21(25(22)28)14-17-31(23)2/h4-12,14,16-17,20H,13,15,18H2,1-3H3,(H,29,33)/t20-/m1/s1. The molecule has 0 aliphatic carbocycles. The zero-order chi connectivity index (χ0) is 24.2. The molecule has 1 atom stereocenters. The summed E-state index contributed by atoms with van der Waals surface area (Å²) < 4.78 is 3.76. The molecular formula is C27H29ClN4O2. The number of aryl methyl sites for hydroxylation is 2. The van der Waals surface area contributed by atoms with Crippen LogP contribution in [0.1, 0.15) is 32.8 Å². The smallest absolute Gasteiger partial charge is 0.267 e. The molecule has 6 nitrogen and oxygen atoms in total. The minimum atomic E-state index is -0.134. The molecule has 7 heteroatoms. The Morgan fingerprint density at radius 1 is 0.971 bits per heavy atom. The van der Waals surface area contributed by atoms with E-state index in [1.54, 1.807) is 28.6 Å². The highest BCUT2D eigenvalue weighted by molar-refractivity contribution is 6.38. The summed E-state index contributed by atoms with van der Waals surface area (Å²) in [4.78, 5) is 27.8. The van der Waals surface area contributed by atoms with Crippen molar-refractivity contribution < 1.29 is 9.59 Å². The fourth-order valence-corrected chi connectivity index (χ4v) is 4.60. The van der Waals surface area contributed by atoms with E-state index in [4.69, 9.17) is 11.6 Å². The van der Waals surface area contributed by atoms with E-state index in [9.17, 15) is 9.59 Å². The van der Waals surface area contributed by atoms with Crippen LogP contribution in [0.5, 0.6) is 0 Å². The molecule has 0 saturated carbocycles. The summed E-state index contributed by atoms with van der Waals surface area (Å²) in [5, 5.41) is 4.31. The lowest BCUT2D eigenvalue weighted by molar-refractivity contribution is 0.0723. The first-order valence-corrected chi connectivity index (χ1v) is 11.7. The maximum atomic E-state index is 13.5. The Labute approximate surface area is 204 Å². The van der Waals surface area contributed by atoms with Crippen molar-refractivity contribution in [3.63, 3.8) is 0 Å². The first-order chi connectivity index (χ1) is 16.4. The Kier molecular flexibility index (Phi) is 7.08. The van der Waals surface area contributed by atoms with Gasteiger partial charge >= 0.3 is 0 Å².